The van der Waals surface area contributed by atoms with Gasteiger partial charge in [0.25, 0.3) is 0 Å². The van der Waals surface area contributed by atoms with E-state index in [-0.39, 0.29) is 0 Å². The molecule has 0 aromatic heterocycles. The van der Waals surface area contributed by atoms with Gasteiger partial charge in [-0.1, -0.05) is 77.3 Å². The molecular weight excluding hydrogens is 242 g/mol. The Kier molecular flexibility index (Phi) is 7.29. The van der Waals surface area contributed by atoms with Gasteiger partial charge in [-0.2, -0.15) is 0 Å². The zero-order valence-corrected chi connectivity index (χ0v) is 14.1. The van der Waals surface area contributed by atoms with Crippen molar-refractivity contribution in [1.29, 1.82) is 0 Å². The lowest BCUT2D eigenvalue weighted by Gasteiger charge is -2.30. The van der Waals surface area contributed by atoms with E-state index in [0.29, 0.717) is 17.5 Å². The Balaban J connectivity index is 2.64. The Labute approximate surface area is 126 Å². The quantitative estimate of drug-likeness (QED) is 0.598. The molecule has 20 heavy (non-hydrogen) atoms. The first-order chi connectivity index (χ1) is 9.42. The Bertz CT molecular complexity index is 350. The van der Waals surface area contributed by atoms with E-state index in [0.717, 1.165) is 0 Å². The fourth-order valence-electron chi connectivity index (χ4n) is 2.70. The van der Waals surface area contributed by atoms with E-state index < -0.39 is 0 Å². The van der Waals surface area contributed by atoms with Crippen LogP contribution in [0.25, 0.3) is 0 Å². The molecule has 0 radical (unpaired) electrons. The van der Waals surface area contributed by atoms with Gasteiger partial charge < -0.3 is 5.32 Å². The average Bonchev–Trinajstić information content (AvgIpc) is 2.38. The maximum absolute atomic E-state index is 3.85. The van der Waals surface area contributed by atoms with Gasteiger partial charge in [0.05, 0.1) is 0 Å². The molecule has 1 heteroatoms. The summed E-state index contributed by atoms with van der Waals surface area (Å²) in [5.74, 6) is 0. The summed E-state index contributed by atoms with van der Waals surface area (Å²) < 4.78 is 0. The zero-order valence-electron chi connectivity index (χ0n) is 14.1. The molecule has 1 N–H and O–H groups in total. The minimum absolute atomic E-state index is 0.344. The summed E-state index contributed by atoms with van der Waals surface area (Å²) >= 11 is 0. The molecule has 2 unspecified atom stereocenters. The lowest BCUT2D eigenvalue weighted by atomic mass is 9.85. The number of hydrogen-bond acceptors (Lipinski definition) is 1. The van der Waals surface area contributed by atoms with Gasteiger partial charge in [-0.15, -0.1) is 0 Å². The van der Waals surface area contributed by atoms with E-state index in [1.165, 1.54) is 37.7 Å². The van der Waals surface area contributed by atoms with E-state index in [1.807, 2.05) is 0 Å². The van der Waals surface area contributed by atoms with Crippen molar-refractivity contribution in [2.24, 2.45) is 5.41 Å². The summed E-state index contributed by atoms with van der Waals surface area (Å²) in [6, 6.07) is 12.0. The van der Waals surface area contributed by atoms with Crippen molar-refractivity contribution in [2.75, 3.05) is 0 Å². The van der Waals surface area contributed by atoms with Crippen LogP contribution in [0, 0.1) is 5.41 Å². The molecule has 0 saturated heterocycles. The highest BCUT2D eigenvalue weighted by molar-refractivity contribution is 5.19. The van der Waals surface area contributed by atoms with Gasteiger partial charge in [0.15, 0.2) is 0 Å². The van der Waals surface area contributed by atoms with Crippen LogP contribution in [0.3, 0.4) is 0 Å². The van der Waals surface area contributed by atoms with Crippen molar-refractivity contribution >= 4 is 0 Å². The summed E-state index contributed by atoms with van der Waals surface area (Å²) in [4.78, 5) is 0. The van der Waals surface area contributed by atoms with E-state index >= 15 is 0 Å². The van der Waals surface area contributed by atoms with Crippen molar-refractivity contribution < 1.29 is 0 Å². The predicted octanol–water partition coefficient (Wildman–Crippen LogP) is 5.72. The lowest BCUT2D eigenvalue weighted by molar-refractivity contribution is 0.291. The van der Waals surface area contributed by atoms with Crippen LogP contribution in [0.5, 0.6) is 0 Å². The molecule has 0 spiro atoms. The highest BCUT2D eigenvalue weighted by Crippen LogP contribution is 2.30. The summed E-state index contributed by atoms with van der Waals surface area (Å²) in [5, 5.41) is 3.85. The molecule has 0 aliphatic carbocycles. The summed E-state index contributed by atoms with van der Waals surface area (Å²) in [6.07, 6.45) is 6.44. The monoisotopic (exact) mass is 275 g/mol. The van der Waals surface area contributed by atoms with Crippen molar-refractivity contribution in [3.05, 3.63) is 35.9 Å². The van der Waals surface area contributed by atoms with Gasteiger partial charge >= 0.3 is 0 Å². The average molecular weight is 275 g/mol. The predicted molar refractivity (Wildman–Crippen MR) is 90.0 cm³/mol. The van der Waals surface area contributed by atoms with E-state index in [1.54, 1.807) is 0 Å². The fraction of sp³-hybridized carbons (Fsp3) is 0.684. The maximum Gasteiger partial charge on any atom is 0.0327 e. The smallest absolute Gasteiger partial charge is 0.0327 e. The van der Waals surface area contributed by atoms with Gasteiger partial charge in [-0.05, 0) is 30.7 Å². The third-order valence-corrected chi connectivity index (χ3v) is 3.74. The maximum atomic E-state index is 3.85. The van der Waals surface area contributed by atoms with E-state index in [9.17, 15) is 0 Å². The molecule has 0 amide bonds. The van der Waals surface area contributed by atoms with Gasteiger partial charge in [0, 0.05) is 12.1 Å². The van der Waals surface area contributed by atoms with Crippen molar-refractivity contribution in [2.45, 2.75) is 78.8 Å². The third kappa shape index (κ3) is 7.09. The molecule has 0 fully saturated rings. The van der Waals surface area contributed by atoms with Crippen LogP contribution in [0.2, 0.25) is 0 Å². The van der Waals surface area contributed by atoms with Gasteiger partial charge in [0.1, 0.15) is 0 Å². The van der Waals surface area contributed by atoms with Crippen molar-refractivity contribution in [3.8, 4) is 0 Å². The van der Waals surface area contributed by atoms with Crippen LogP contribution in [0.1, 0.15) is 78.3 Å². The first-order valence-electron chi connectivity index (χ1n) is 8.23. The highest BCUT2D eigenvalue weighted by Gasteiger charge is 2.21. The number of unbranched alkanes of at least 4 members (excludes halogenated alkanes) is 2. The van der Waals surface area contributed by atoms with E-state index in [4.69, 9.17) is 0 Å². The SMILES string of the molecule is CCCCCC(C)NC(CC(C)(C)C)c1ccccc1. The van der Waals surface area contributed by atoms with Crippen LogP contribution in [-0.4, -0.2) is 6.04 Å². The molecule has 114 valence electrons. The molecule has 2 atom stereocenters. The second-order valence-electron chi connectivity index (χ2n) is 7.29. The first-order valence-corrected chi connectivity index (χ1v) is 8.23. The van der Waals surface area contributed by atoms with Crippen LogP contribution in [0.15, 0.2) is 30.3 Å². The molecule has 0 aliphatic rings. The molecule has 1 nitrogen and oxygen atoms in total. The highest BCUT2D eigenvalue weighted by atomic mass is 14.9. The van der Waals surface area contributed by atoms with E-state index in [2.05, 4.69) is 70.3 Å². The third-order valence-electron chi connectivity index (χ3n) is 3.74. The minimum atomic E-state index is 0.344. The normalized spacial score (nSPS) is 15.1. The Morgan fingerprint density at radius 1 is 1.05 bits per heavy atom. The number of hydrogen-bond donors (Lipinski definition) is 1. The molecule has 1 aromatic rings. The van der Waals surface area contributed by atoms with Crippen molar-refractivity contribution in [3.63, 3.8) is 0 Å². The lowest BCUT2D eigenvalue weighted by Crippen LogP contribution is -2.33. The zero-order chi connectivity index (χ0) is 15.0. The van der Waals surface area contributed by atoms with Gasteiger partial charge in [-0.25, -0.2) is 0 Å². The van der Waals surface area contributed by atoms with Crippen molar-refractivity contribution in [1.82, 2.24) is 5.32 Å². The number of nitrogens with one attached hydrogen (secondary N) is 1. The second-order valence-corrected chi connectivity index (χ2v) is 7.29. The molecule has 0 aliphatic heterocycles. The molecule has 1 rings (SSSR count). The largest absolute Gasteiger partial charge is 0.307 e. The van der Waals surface area contributed by atoms with Crippen LogP contribution < -0.4 is 5.32 Å². The Morgan fingerprint density at radius 2 is 1.70 bits per heavy atom. The molecular formula is C19H33N. The molecule has 0 bridgehead atoms. The number of benzene rings is 1. The summed E-state index contributed by atoms with van der Waals surface area (Å²) in [7, 11) is 0. The van der Waals surface area contributed by atoms with Crippen LogP contribution >= 0.6 is 0 Å². The topological polar surface area (TPSA) is 12.0 Å². The summed E-state index contributed by atoms with van der Waals surface area (Å²) in [6.45, 7) is 11.6. The Morgan fingerprint density at radius 3 is 2.25 bits per heavy atom. The summed E-state index contributed by atoms with van der Waals surface area (Å²) in [5.41, 5.74) is 1.76. The molecule has 0 saturated carbocycles. The van der Waals surface area contributed by atoms with Gasteiger partial charge in [0.2, 0.25) is 0 Å². The Hall–Kier alpha value is -0.820. The molecule has 1 aromatic carbocycles. The van der Waals surface area contributed by atoms with Crippen LogP contribution in [-0.2, 0) is 0 Å². The molecule has 0 heterocycles. The van der Waals surface area contributed by atoms with Crippen LogP contribution in [0.4, 0.5) is 0 Å². The minimum Gasteiger partial charge on any atom is -0.307 e. The standard InChI is InChI=1S/C19H33N/c1-6-7-9-12-16(2)20-18(15-19(3,4)5)17-13-10-8-11-14-17/h8,10-11,13-14,16,18,20H,6-7,9,12,15H2,1-5H3. The fourth-order valence-corrected chi connectivity index (χ4v) is 2.70. The number of rotatable bonds is 8. The van der Waals surface area contributed by atoms with Gasteiger partial charge in [-0.3, -0.25) is 0 Å². The first kappa shape index (κ1) is 17.2. The second kappa shape index (κ2) is 8.46.